The first-order valence-electron chi connectivity index (χ1n) is 11.6. The van der Waals surface area contributed by atoms with Crippen LogP contribution in [0.2, 0.25) is 0 Å². The molecule has 10 heteroatoms. The molecule has 0 saturated carbocycles. The van der Waals surface area contributed by atoms with Gasteiger partial charge in [0.25, 0.3) is 5.91 Å². The van der Waals surface area contributed by atoms with Gasteiger partial charge in [0.1, 0.15) is 11.3 Å². The molecule has 0 bridgehead atoms. The lowest BCUT2D eigenvalue weighted by Crippen LogP contribution is -2.65. The summed E-state index contributed by atoms with van der Waals surface area (Å²) in [5.74, 6) is 0.279. The van der Waals surface area contributed by atoms with E-state index >= 15 is 0 Å². The quantitative estimate of drug-likeness (QED) is 0.428. The van der Waals surface area contributed by atoms with Crippen molar-refractivity contribution in [3.63, 3.8) is 0 Å². The lowest BCUT2D eigenvalue weighted by Gasteiger charge is -2.54. The average Bonchev–Trinajstić information content (AvgIpc) is 3.17. The summed E-state index contributed by atoms with van der Waals surface area (Å²) in [6, 6.07) is 7.02. The minimum atomic E-state index is -0.235. The number of aromatic amines is 1. The van der Waals surface area contributed by atoms with Crippen molar-refractivity contribution < 1.29 is 19.1 Å². The lowest BCUT2D eigenvalue weighted by molar-refractivity contribution is -0.186. The van der Waals surface area contributed by atoms with Gasteiger partial charge in [-0.25, -0.2) is 9.97 Å². The maximum atomic E-state index is 12.4. The standard InChI is InChI=1S/C25H28N6O4/c1-16(2)28-24(33)19-10-26-23-22(19)30-21(11-27-23)35-18-6-3-5-17(9-18)29-20(32)7-4-8-31-12-25(13-31)14-34-15-25/h3-7,9-11,16H,8,12-15H2,1-2H3,(H,26,27)(H,28,33)(H,29,32)/b7-4+. The van der Waals surface area contributed by atoms with Gasteiger partial charge in [0.2, 0.25) is 11.8 Å². The number of rotatable bonds is 8. The number of aromatic nitrogens is 3. The molecule has 0 aliphatic carbocycles. The zero-order chi connectivity index (χ0) is 24.4. The van der Waals surface area contributed by atoms with Crippen LogP contribution in [0.25, 0.3) is 11.2 Å². The summed E-state index contributed by atoms with van der Waals surface area (Å²) in [5.41, 5.74) is 2.28. The zero-order valence-electron chi connectivity index (χ0n) is 19.7. The normalized spacial score (nSPS) is 16.9. The van der Waals surface area contributed by atoms with Crippen LogP contribution in [0.15, 0.2) is 48.8 Å². The number of nitrogens with one attached hydrogen (secondary N) is 3. The minimum Gasteiger partial charge on any atom is -0.437 e. The van der Waals surface area contributed by atoms with Crippen LogP contribution in [0, 0.1) is 5.41 Å². The smallest absolute Gasteiger partial charge is 0.255 e. The first-order valence-corrected chi connectivity index (χ1v) is 11.6. The third-order valence-electron chi connectivity index (χ3n) is 5.91. The highest BCUT2D eigenvalue weighted by atomic mass is 16.5. The van der Waals surface area contributed by atoms with E-state index in [4.69, 9.17) is 9.47 Å². The molecule has 3 N–H and O–H groups in total. The van der Waals surface area contributed by atoms with Crippen molar-refractivity contribution in [1.29, 1.82) is 0 Å². The number of hydrogen-bond donors (Lipinski definition) is 3. The molecular weight excluding hydrogens is 448 g/mol. The topological polar surface area (TPSA) is 121 Å². The second-order valence-corrected chi connectivity index (χ2v) is 9.42. The van der Waals surface area contributed by atoms with Crippen molar-refractivity contribution in [3.8, 4) is 11.6 Å². The fourth-order valence-electron chi connectivity index (χ4n) is 4.29. The predicted octanol–water partition coefficient (Wildman–Crippen LogP) is 2.72. The number of likely N-dealkylation sites (tertiary alicyclic amines) is 1. The minimum absolute atomic E-state index is 0.00195. The lowest BCUT2D eigenvalue weighted by atomic mass is 9.78. The van der Waals surface area contributed by atoms with E-state index in [0.717, 1.165) is 32.8 Å². The Morgan fingerprint density at radius 1 is 1.31 bits per heavy atom. The highest BCUT2D eigenvalue weighted by Gasteiger charge is 2.48. The molecule has 0 atom stereocenters. The summed E-state index contributed by atoms with van der Waals surface area (Å²) < 4.78 is 11.1. The monoisotopic (exact) mass is 476 g/mol. The molecule has 4 heterocycles. The Morgan fingerprint density at radius 3 is 2.89 bits per heavy atom. The Labute approximate surface area is 202 Å². The molecular formula is C25H28N6O4. The van der Waals surface area contributed by atoms with Crippen molar-refractivity contribution >= 4 is 28.7 Å². The SMILES string of the molecule is CC(C)NC(=O)c1c[nH]c2ncc(Oc3cccc(NC(=O)/C=C/CN4CC5(COC5)C4)c3)nc12. The molecule has 1 aromatic carbocycles. The number of carbonyl (C=O) groups is 2. The van der Waals surface area contributed by atoms with E-state index in [-0.39, 0.29) is 23.7 Å². The Morgan fingerprint density at radius 2 is 2.14 bits per heavy atom. The number of amides is 2. The van der Waals surface area contributed by atoms with Gasteiger partial charge in [0.15, 0.2) is 5.65 Å². The molecule has 2 aromatic heterocycles. The summed E-state index contributed by atoms with van der Waals surface area (Å²) in [7, 11) is 0. The number of nitrogens with zero attached hydrogens (tertiary/aromatic N) is 3. The van der Waals surface area contributed by atoms with Crippen LogP contribution in [0.5, 0.6) is 11.6 Å². The van der Waals surface area contributed by atoms with Gasteiger partial charge in [-0.05, 0) is 26.0 Å². The van der Waals surface area contributed by atoms with Gasteiger partial charge >= 0.3 is 0 Å². The highest BCUT2D eigenvalue weighted by molar-refractivity contribution is 6.04. The van der Waals surface area contributed by atoms with E-state index in [0.29, 0.717) is 33.6 Å². The molecule has 2 aliphatic rings. The van der Waals surface area contributed by atoms with Crippen molar-refractivity contribution in [1.82, 2.24) is 25.2 Å². The summed E-state index contributed by atoms with van der Waals surface area (Å²) in [4.78, 5) is 38.7. The van der Waals surface area contributed by atoms with Crippen molar-refractivity contribution in [3.05, 3.63) is 54.4 Å². The van der Waals surface area contributed by atoms with Gasteiger partial charge in [-0.2, -0.15) is 0 Å². The van der Waals surface area contributed by atoms with Gasteiger partial charge in [0.05, 0.1) is 25.0 Å². The molecule has 35 heavy (non-hydrogen) atoms. The summed E-state index contributed by atoms with van der Waals surface area (Å²) >= 11 is 0. The van der Waals surface area contributed by atoms with Crippen molar-refractivity contribution in [2.75, 3.05) is 38.2 Å². The highest BCUT2D eigenvalue weighted by Crippen LogP contribution is 2.37. The number of benzene rings is 1. The second kappa shape index (κ2) is 9.47. The van der Waals surface area contributed by atoms with Crippen LogP contribution in [-0.4, -0.2) is 70.6 Å². The number of anilines is 1. The van der Waals surface area contributed by atoms with Gasteiger partial charge < -0.3 is 25.1 Å². The maximum Gasteiger partial charge on any atom is 0.255 e. The van der Waals surface area contributed by atoms with Crippen molar-refractivity contribution in [2.45, 2.75) is 19.9 Å². The van der Waals surface area contributed by atoms with Gasteiger partial charge in [-0.3, -0.25) is 14.5 Å². The molecule has 0 radical (unpaired) electrons. The van der Waals surface area contributed by atoms with E-state index in [9.17, 15) is 9.59 Å². The van der Waals surface area contributed by atoms with E-state index < -0.39 is 0 Å². The number of H-pyrrole nitrogens is 1. The van der Waals surface area contributed by atoms with E-state index in [2.05, 4.69) is 30.5 Å². The molecule has 2 saturated heterocycles. The van der Waals surface area contributed by atoms with Gasteiger partial charge in [0, 0.05) is 55.1 Å². The maximum absolute atomic E-state index is 12.4. The largest absolute Gasteiger partial charge is 0.437 e. The fourth-order valence-corrected chi connectivity index (χ4v) is 4.29. The van der Waals surface area contributed by atoms with Crippen LogP contribution in [0.1, 0.15) is 24.2 Å². The molecule has 0 unspecified atom stereocenters. The number of fused-ring (bicyclic) bond motifs is 1. The summed E-state index contributed by atoms with van der Waals surface area (Å²) in [6.07, 6.45) is 6.48. The summed E-state index contributed by atoms with van der Waals surface area (Å²) in [6.45, 7) is 8.28. The first-order chi connectivity index (χ1) is 16.9. The molecule has 182 valence electrons. The number of hydrogen-bond acceptors (Lipinski definition) is 7. The molecule has 1 spiro atoms. The number of carbonyl (C=O) groups excluding carboxylic acids is 2. The fraction of sp³-hybridized carbons (Fsp3) is 0.360. The van der Waals surface area contributed by atoms with E-state index in [1.807, 2.05) is 19.9 Å². The van der Waals surface area contributed by atoms with Gasteiger partial charge in [-0.1, -0.05) is 12.1 Å². The van der Waals surface area contributed by atoms with Crippen LogP contribution < -0.4 is 15.4 Å². The van der Waals surface area contributed by atoms with Crippen LogP contribution in [-0.2, 0) is 9.53 Å². The zero-order valence-corrected chi connectivity index (χ0v) is 19.7. The third kappa shape index (κ3) is 5.18. The van der Waals surface area contributed by atoms with Gasteiger partial charge in [-0.15, -0.1) is 0 Å². The van der Waals surface area contributed by atoms with Crippen LogP contribution >= 0.6 is 0 Å². The molecule has 2 fully saturated rings. The number of ether oxygens (including phenoxy) is 2. The average molecular weight is 477 g/mol. The Bertz CT molecular complexity index is 1270. The van der Waals surface area contributed by atoms with Crippen LogP contribution in [0.4, 0.5) is 5.69 Å². The molecule has 5 rings (SSSR count). The first kappa shape index (κ1) is 23.0. The second-order valence-electron chi connectivity index (χ2n) is 9.42. The summed E-state index contributed by atoms with van der Waals surface area (Å²) in [5, 5.41) is 5.69. The Kier molecular flexibility index (Phi) is 6.23. The third-order valence-corrected chi connectivity index (χ3v) is 5.91. The molecule has 2 amide bonds. The van der Waals surface area contributed by atoms with Crippen LogP contribution in [0.3, 0.4) is 0 Å². The van der Waals surface area contributed by atoms with Crippen molar-refractivity contribution in [2.24, 2.45) is 5.41 Å². The predicted molar refractivity (Wildman–Crippen MR) is 130 cm³/mol. The molecule has 2 aliphatic heterocycles. The van der Waals surface area contributed by atoms with E-state index in [1.54, 1.807) is 36.5 Å². The Hall–Kier alpha value is -3.76. The molecule has 3 aromatic rings. The Balaban J connectivity index is 1.19. The van der Waals surface area contributed by atoms with E-state index in [1.165, 1.54) is 6.20 Å². The molecule has 10 nitrogen and oxygen atoms in total.